The second kappa shape index (κ2) is 10.2. The molecule has 2 heterocycles. The summed E-state index contributed by atoms with van der Waals surface area (Å²) in [7, 11) is 0. The first kappa shape index (κ1) is 23.7. The van der Waals surface area contributed by atoms with Crippen molar-refractivity contribution in [1.29, 1.82) is 0 Å². The van der Waals surface area contributed by atoms with Gasteiger partial charge in [0.15, 0.2) is 0 Å². The van der Waals surface area contributed by atoms with E-state index < -0.39 is 11.6 Å². The summed E-state index contributed by atoms with van der Waals surface area (Å²) >= 11 is 0. The van der Waals surface area contributed by atoms with E-state index in [0.717, 1.165) is 12.0 Å². The Morgan fingerprint density at radius 3 is 2.42 bits per heavy atom. The van der Waals surface area contributed by atoms with Gasteiger partial charge in [-0.2, -0.15) is 0 Å². The van der Waals surface area contributed by atoms with Crippen LogP contribution in [0, 0.1) is 11.8 Å². The number of benzene rings is 1. The number of carbonyl (C=O) groups excluding carboxylic acids is 1. The van der Waals surface area contributed by atoms with Crippen molar-refractivity contribution in [2.45, 2.75) is 76.9 Å². The molecule has 1 amide bonds. The zero-order valence-electron chi connectivity index (χ0n) is 19.9. The largest absolute Gasteiger partial charge is 0.388 e. The molecular formula is C27H37N3O3. The average Bonchev–Trinajstić information content (AvgIpc) is 2.85. The minimum atomic E-state index is -1.04. The number of aromatic nitrogens is 2. The number of hydrogen-bond donors (Lipinski definition) is 1. The first-order valence-electron chi connectivity index (χ1n) is 12.5. The number of hydrogen-bond acceptors (Lipinski definition) is 4. The van der Waals surface area contributed by atoms with Gasteiger partial charge in [0.2, 0.25) is 5.91 Å². The molecule has 2 atom stereocenters. The predicted octanol–water partition coefficient (Wildman–Crippen LogP) is 4.43. The lowest BCUT2D eigenvalue weighted by atomic mass is 9.82. The van der Waals surface area contributed by atoms with Crippen LogP contribution in [0.5, 0.6) is 0 Å². The number of nitrogens with zero attached hydrogens (tertiary/aromatic N) is 3. The lowest BCUT2D eigenvalue weighted by Gasteiger charge is -2.43. The minimum absolute atomic E-state index is 0.0362. The van der Waals surface area contributed by atoms with Crippen LogP contribution >= 0.6 is 0 Å². The molecule has 1 saturated carbocycles. The second-order valence-corrected chi connectivity index (χ2v) is 10.1. The van der Waals surface area contributed by atoms with Crippen LogP contribution in [-0.4, -0.2) is 44.2 Å². The van der Waals surface area contributed by atoms with Gasteiger partial charge in [-0.1, -0.05) is 69.4 Å². The maximum absolute atomic E-state index is 13.0. The average molecular weight is 452 g/mol. The Balaban J connectivity index is 1.37. The molecule has 0 bridgehead atoms. The molecular weight excluding hydrogens is 414 g/mol. The standard InChI is InChI=1S/C27H37N3O3/c1-20(17-22-9-5-3-6-10-22)26(32)29-15-13-27(33,14-16-29)21(2)30-19-28-24(18-25(30)31)23-11-7-4-8-12-23/h4,7-8,11-12,18-22,33H,3,5-6,9-10,13-17H2,1-2H3/t20-,21?/m1/s1. The fraction of sp³-hybridized carbons (Fsp3) is 0.593. The van der Waals surface area contributed by atoms with Crippen molar-refractivity contribution in [2.75, 3.05) is 13.1 Å². The molecule has 1 aromatic heterocycles. The summed E-state index contributed by atoms with van der Waals surface area (Å²) in [5.41, 5.74) is 0.304. The van der Waals surface area contributed by atoms with E-state index in [-0.39, 0.29) is 17.4 Å². The van der Waals surface area contributed by atoms with Crippen molar-refractivity contribution >= 4 is 5.91 Å². The van der Waals surface area contributed by atoms with Crippen LogP contribution in [0.4, 0.5) is 0 Å². The lowest BCUT2D eigenvalue weighted by molar-refractivity contribution is -0.141. The van der Waals surface area contributed by atoms with Crippen molar-refractivity contribution in [3.8, 4) is 11.3 Å². The van der Waals surface area contributed by atoms with E-state index in [1.165, 1.54) is 49.1 Å². The molecule has 4 rings (SSSR count). The van der Waals surface area contributed by atoms with Crippen molar-refractivity contribution < 1.29 is 9.90 Å². The van der Waals surface area contributed by atoms with Gasteiger partial charge in [-0.15, -0.1) is 0 Å². The maximum Gasteiger partial charge on any atom is 0.254 e. The molecule has 1 saturated heterocycles. The molecule has 1 aromatic carbocycles. The zero-order valence-corrected chi connectivity index (χ0v) is 19.9. The number of piperidine rings is 1. The van der Waals surface area contributed by atoms with Crippen LogP contribution < -0.4 is 5.56 Å². The molecule has 33 heavy (non-hydrogen) atoms. The smallest absolute Gasteiger partial charge is 0.254 e. The predicted molar refractivity (Wildman–Crippen MR) is 130 cm³/mol. The fourth-order valence-electron chi connectivity index (χ4n) is 5.59. The summed E-state index contributed by atoms with van der Waals surface area (Å²) in [5, 5.41) is 11.4. The molecule has 178 valence electrons. The highest BCUT2D eigenvalue weighted by molar-refractivity contribution is 5.78. The molecule has 2 aliphatic rings. The van der Waals surface area contributed by atoms with Gasteiger partial charge < -0.3 is 10.0 Å². The molecule has 6 nitrogen and oxygen atoms in total. The molecule has 1 N–H and O–H groups in total. The molecule has 1 unspecified atom stereocenters. The number of amides is 1. The van der Waals surface area contributed by atoms with Crippen LogP contribution in [0.25, 0.3) is 11.3 Å². The van der Waals surface area contributed by atoms with Gasteiger partial charge >= 0.3 is 0 Å². The minimum Gasteiger partial charge on any atom is -0.388 e. The van der Waals surface area contributed by atoms with Crippen molar-refractivity contribution in [3.05, 3.63) is 53.1 Å². The SMILES string of the molecule is CC(n1cnc(-c2ccccc2)cc1=O)C1(O)CCN(C(=O)[C@H](C)CC2CCCCC2)CC1. The first-order valence-corrected chi connectivity index (χ1v) is 12.5. The van der Waals surface area contributed by atoms with Crippen molar-refractivity contribution in [2.24, 2.45) is 11.8 Å². The van der Waals surface area contributed by atoms with Gasteiger partial charge in [0.25, 0.3) is 5.56 Å². The number of rotatable bonds is 6. The molecule has 6 heteroatoms. The zero-order chi connectivity index (χ0) is 23.4. The fourth-order valence-corrected chi connectivity index (χ4v) is 5.59. The van der Waals surface area contributed by atoms with E-state index in [1.807, 2.05) is 42.2 Å². The van der Waals surface area contributed by atoms with E-state index in [1.54, 1.807) is 0 Å². The van der Waals surface area contributed by atoms with Crippen molar-refractivity contribution in [1.82, 2.24) is 14.5 Å². The Hall–Kier alpha value is -2.47. The van der Waals surface area contributed by atoms with Crippen LogP contribution in [0.2, 0.25) is 0 Å². The van der Waals surface area contributed by atoms with E-state index in [2.05, 4.69) is 11.9 Å². The summed E-state index contributed by atoms with van der Waals surface area (Å²) in [6.07, 6.45) is 9.85. The van der Waals surface area contributed by atoms with E-state index in [0.29, 0.717) is 37.5 Å². The highest BCUT2D eigenvalue weighted by Crippen LogP contribution is 2.34. The summed E-state index contributed by atoms with van der Waals surface area (Å²) in [4.78, 5) is 32.2. The molecule has 0 radical (unpaired) electrons. The number of likely N-dealkylation sites (tertiary alicyclic amines) is 1. The van der Waals surface area contributed by atoms with Crippen LogP contribution in [0.3, 0.4) is 0 Å². The van der Waals surface area contributed by atoms with Gasteiger partial charge in [0, 0.05) is 30.6 Å². The van der Waals surface area contributed by atoms with E-state index >= 15 is 0 Å². The van der Waals surface area contributed by atoms with Gasteiger partial charge in [-0.05, 0) is 32.1 Å². The van der Waals surface area contributed by atoms with Crippen LogP contribution in [0.1, 0.15) is 71.3 Å². The van der Waals surface area contributed by atoms with Gasteiger partial charge in [0.1, 0.15) is 0 Å². The molecule has 1 aliphatic carbocycles. The summed E-state index contributed by atoms with van der Waals surface area (Å²) in [6.45, 7) is 4.98. The number of aliphatic hydroxyl groups is 1. The Morgan fingerprint density at radius 2 is 1.79 bits per heavy atom. The monoisotopic (exact) mass is 451 g/mol. The van der Waals surface area contributed by atoms with Gasteiger partial charge in [0.05, 0.1) is 23.7 Å². The number of carbonyl (C=O) groups is 1. The third kappa shape index (κ3) is 5.37. The van der Waals surface area contributed by atoms with E-state index in [4.69, 9.17) is 0 Å². The summed E-state index contributed by atoms with van der Waals surface area (Å²) in [5.74, 6) is 0.924. The third-order valence-corrected chi connectivity index (χ3v) is 7.87. The lowest BCUT2D eigenvalue weighted by Crippen LogP contribution is -2.52. The third-order valence-electron chi connectivity index (χ3n) is 7.87. The van der Waals surface area contributed by atoms with Gasteiger partial charge in [-0.25, -0.2) is 4.98 Å². The Morgan fingerprint density at radius 1 is 1.12 bits per heavy atom. The van der Waals surface area contributed by atoms with E-state index in [9.17, 15) is 14.7 Å². The highest BCUT2D eigenvalue weighted by Gasteiger charge is 2.40. The second-order valence-electron chi connectivity index (χ2n) is 10.1. The molecule has 0 spiro atoms. The molecule has 2 aromatic rings. The van der Waals surface area contributed by atoms with Crippen molar-refractivity contribution in [3.63, 3.8) is 0 Å². The molecule has 1 aliphatic heterocycles. The van der Waals surface area contributed by atoms with Crippen LogP contribution in [0.15, 0.2) is 47.5 Å². The van der Waals surface area contributed by atoms with Crippen LogP contribution in [-0.2, 0) is 4.79 Å². The molecule has 2 fully saturated rings. The summed E-state index contributed by atoms with van der Waals surface area (Å²) < 4.78 is 1.52. The first-order chi connectivity index (χ1) is 15.9. The highest BCUT2D eigenvalue weighted by atomic mass is 16.3. The Labute approximate surface area is 196 Å². The quantitative estimate of drug-likeness (QED) is 0.705. The Bertz CT molecular complexity index is 989. The topological polar surface area (TPSA) is 75.4 Å². The maximum atomic E-state index is 13.0. The Kier molecular flexibility index (Phi) is 7.32. The summed E-state index contributed by atoms with van der Waals surface area (Å²) in [6, 6.07) is 10.7. The normalized spacial score (nSPS) is 20.9. The van der Waals surface area contributed by atoms with Gasteiger partial charge in [-0.3, -0.25) is 14.2 Å².